The molecule has 78 valence electrons. The van der Waals surface area contributed by atoms with Crippen LogP contribution in [0.3, 0.4) is 0 Å². The highest BCUT2D eigenvalue weighted by molar-refractivity contribution is 5.74. The molecular weight excluding hydrogens is 172 g/mol. The van der Waals surface area contributed by atoms with Crippen LogP contribution in [0.2, 0.25) is 0 Å². The molecule has 7 heteroatoms. The van der Waals surface area contributed by atoms with Gasteiger partial charge in [0.1, 0.15) is 6.23 Å². The van der Waals surface area contributed by atoms with Crippen molar-refractivity contribution in [1.82, 2.24) is 10.7 Å². The lowest BCUT2D eigenvalue weighted by Crippen LogP contribution is -2.48. The average molecular weight is 190 g/mol. The molecule has 0 spiro atoms. The predicted octanol–water partition coefficient (Wildman–Crippen LogP) is -2.64. The fraction of sp³-hybridized carbons (Fsp3) is 0.833. The van der Waals surface area contributed by atoms with E-state index in [0.717, 1.165) is 6.42 Å². The van der Waals surface area contributed by atoms with Crippen LogP contribution < -0.4 is 28.1 Å². The van der Waals surface area contributed by atoms with E-state index in [1.165, 1.54) is 0 Å². The zero-order chi connectivity index (χ0) is 10.3. The van der Waals surface area contributed by atoms with Gasteiger partial charge in [-0.05, 0) is 12.8 Å². The van der Waals surface area contributed by atoms with Crippen molar-refractivity contribution < 1.29 is 5.11 Å². The minimum atomic E-state index is -0.891. The van der Waals surface area contributed by atoms with Crippen LogP contribution in [0.5, 0.6) is 0 Å². The van der Waals surface area contributed by atoms with Crippen LogP contribution in [-0.2, 0) is 0 Å². The molecule has 0 aliphatic rings. The van der Waals surface area contributed by atoms with Gasteiger partial charge in [0.15, 0.2) is 5.96 Å². The van der Waals surface area contributed by atoms with Gasteiger partial charge < -0.3 is 21.9 Å². The maximum Gasteiger partial charge on any atom is 0.185 e. The summed E-state index contributed by atoms with van der Waals surface area (Å²) >= 11 is 0. The summed E-state index contributed by atoms with van der Waals surface area (Å²) in [5.41, 5.74) is 12.8. The molecule has 0 aromatic rings. The normalized spacial score (nSPS) is 15.0. The highest BCUT2D eigenvalue weighted by Crippen LogP contribution is 1.95. The van der Waals surface area contributed by atoms with Crippen LogP contribution in [0.4, 0.5) is 0 Å². The van der Waals surface area contributed by atoms with Crippen LogP contribution >= 0.6 is 0 Å². The molecule has 2 unspecified atom stereocenters. The van der Waals surface area contributed by atoms with Crippen LogP contribution in [-0.4, -0.2) is 29.9 Å². The van der Waals surface area contributed by atoms with Gasteiger partial charge in [0.05, 0.1) is 0 Å². The van der Waals surface area contributed by atoms with E-state index in [-0.39, 0.29) is 5.96 Å². The summed E-state index contributed by atoms with van der Waals surface area (Å²) in [5.74, 6) is 4.91. The molecule has 10 N–H and O–H groups in total. The Morgan fingerprint density at radius 3 is 2.62 bits per heavy atom. The summed E-state index contributed by atoms with van der Waals surface area (Å²) < 4.78 is 0. The first kappa shape index (κ1) is 12.1. The third kappa shape index (κ3) is 6.29. The van der Waals surface area contributed by atoms with E-state index >= 15 is 0 Å². The number of guanidine groups is 1. The van der Waals surface area contributed by atoms with Crippen molar-refractivity contribution in [3.63, 3.8) is 0 Å². The lowest BCUT2D eigenvalue weighted by molar-refractivity contribution is 0.105. The zero-order valence-corrected chi connectivity index (χ0v) is 7.46. The average Bonchev–Trinajstić information content (AvgIpc) is 2.10. The molecule has 0 saturated heterocycles. The van der Waals surface area contributed by atoms with Crippen molar-refractivity contribution in [2.75, 3.05) is 6.54 Å². The molecule has 13 heavy (non-hydrogen) atoms. The quantitative estimate of drug-likeness (QED) is 0.0608. The molecule has 0 rings (SSSR count). The molecule has 0 aromatic carbocycles. The van der Waals surface area contributed by atoms with E-state index in [0.29, 0.717) is 13.0 Å². The summed E-state index contributed by atoms with van der Waals surface area (Å²) in [6.07, 6.45) is 0.433. The van der Waals surface area contributed by atoms with Crippen LogP contribution in [0.25, 0.3) is 0 Å². The highest BCUT2D eigenvalue weighted by Gasteiger charge is 2.11. The third-order valence-corrected chi connectivity index (χ3v) is 1.61. The van der Waals surface area contributed by atoms with Gasteiger partial charge >= 0.3 is 0 Å². The SMILES string of the molecule is N=C(N)NCCCC(N)C(O)NN. The smallest absolute Gasteiger partial charge is 0.185 e. The van der Waals surface area contributed by atoms with Gasteiger partial charge in [0, 0.05) is 12.6 Å². The molecule has 0 amide bonds. The monoisotopic (exact) mass is 190 g/mol. The van der Waals surface area contributed by atoms with Crippen LogP contribution in [0.15, 0.2) is 0 Å². The van der Waals surface area contributed by atoms with Gasteiger partial charge in [-0.3, -0.25) is 11.3 Å². The van der Waals surface area contributed by atoms with E-state index in [1.54, 1.807) is 0 Å². The summed E-state index contributed by atoms with van der Waals surface area (Å²) in [6, 6.07) is -0.404. The molecule has 0 heterocycles. The molecule has 2 atom stereocenters. The second-order valence-electron chi connectivity index (χ2n) is 2.76. The lowest BCUT2D eigenvalue weighted by atomic mass is 10.1. The number of rotatable bonds is 6. The number of hydrogen-bond acceptors (Lipinski definition) is 5. The van der Waals surface area contributed by atoms with E-state index in [2.05, 4.69) is 10.7 Å². The fourth-order valence-corrected chi connectivity index (χ4v) is 0.842. The Morgan fingerprint density at radius 1 is 1.54 bits per heavy atom. The molecular formula is C6H18N6O. The predicted molar refractivity (Wildman–Crippen MR) is 50.5 cm³/mol. The molecule has 0 saturated carbocycles. The Hall–Kier alpha value is -0.890. The van der Waals surface area contributed by atoms with Crippen molar-refractivity contribution in [2.45, 2.75) is 25.1 Å². The Morgan fingerprint density at radius 2 is 2.15 bits per heavy atom. The molecule has 0 aliphatic heterocycles. The standard InChI is InChI=1S/C6H18N6O/c7-4(5(13)12-10)2-1-3-11-6(8)9/h4-5,12-13H,1-3,7,10H2,(H4,8,9,11). The largest absolute Gasteiger partial charge is 0.376 e. The first-order valence-corrected chi connectivity index (χ1v) is 4.05. The molecule has 7 nitrogen and oxygen atoms in total. The third-order valence-electron chi connectivity index (χ3n) is 1.61. The lowest BCUT2D eigenvalue weighted by Gasteiger charge is -2.17. The van der Waals surface area contributed by atoms with Gasteiger partial charge in [-0.15, -0.1) is 0 Å². The minimum Gasteiger partial charge on any atom is -0.376 e. The Bertz CT molecular complexity index is 152. The van der Waals surface area contributed by atoms with Crippen molar-refractivity contribution in [2.24, 2.45) is 17.3 Å². The first-order valence-electron chi connectivity index (χ1n) is 4.05. The summed E-state index contributed by atoms with van der Waals surface area (Å²) in [5, 5.41) is 18.6. The van der Waals surface area contributed by atoms with Gasteiger partial charge in [-0.2, -0.15) is 0 Å². The highest BCUT2D eigenvalue weighted by atomic mass is 16.3. The van der Waals surface area contributed by atoms with Crippen molar-refractivity contribution in [1.29, 1.82) is 5.41 Å². The number of nitrogens with one attached hydrogen (secondary N) is 3. The Balaban J connectivity index is 3.36. The van der Waals surface area contributed by atoms with Crippen LogP contribution in [0.1, 0.15) is 12.8 Å². The molecule has 0 fully saturated rings. The van der Waals surface area contributed by atoms with Gasteiger partial charge in [0.25, 0.3) is 0 Å². The number of nitrogens with two attached hydrogens (primary N) is 3. The molecule has 0 radical (unpaired) electrons. The second-order valence-corrected chi connectivity index (χ2v) is 2.76. The Labute approximate surface area is 77.1 Å². The topological polar surface area (TPSA) is 146 Å². The fourth-order valence-electron chi connectivity index (χ4n) is 0.842. The van der Waals surface area contributed by atoms with Crippen molar-refractivity contribution in [3.05, 3.63) is 0 Å². The van der Waals surface area contributed by atoms with E-state index in [9.17, 15) is 0 Å². The summed E-state index contributed by atoms with van der Waals surface area (Å²) in [6.45, 7) is 0.570. The summed E-state index contributed by atoms with van der Waals surface area (Å²) in [7, 11) is 0. The van der Waals surface area contributed by atoms with Gasteiger partial charge in [-0.1, -0.05) is 0 Å². The number of aliphatic hydroxyl groups excluding tert-OH is 1. The minimum absolute atomic E-state index is 0.0638. The maximum atomic E-state index is 9.09. The van der Waals surface area contributed by atoms with Crippen LogP contribution in [0, 0.1) is 5.41 Å². The molecule has 0 aromatic heterocycles. The van der Waals surface area contributed by atoms with Crippen molar-refractivity contribution >= 4 is 5.96 Å². The first-order chi connectivity index (χ1) is 6.07. The number of hydrazine groups is 1. The van der Waals surface area contributed by atoms with Gasteiger partial charge in [-0.25, -0.2) is 5.43 Å². The number of aliphatic hydroxyl groups is 1. The van der Waals surface area contributed by atoms with E-state index in [4.69, 9.17) is 27.8 Å². The Kier molecular flexibility index (Phi) is 6.15. The van der Waals surface area contributed by atoms with Crippen molar-refractivity contribution in [3.8, 4) is 0 Å². The summed E-state index contributed by atoms with van der Waals surface area (Å²) in [4.78, 5) is 0. The van der Waals surface area contributed by atoms with E-state index < -0.39 is 12.3 Å². The molecule has 0 aliphatic carbocycles. The molecule has 0 bridgehead atoms. The maximum absolute atomic E-state index is 9.09. The van der Waals surface area contributed by atoms with Gasteiger partial charge in [0.2, 0.25) is 0 Å². The van der Waals surface area contributed by atoms with E-state index in [1.807, 2.05) is 0 Å². The zero-order valence-electron chi connectivity index (χ0n) is 7.46. The number of hydrogen-bond donors (Lipinski definition) is 7. The second kappa shape index (κ2) is 6.61.